The predicted octanol–water partition coefficient (Wildman–Crippen LogP) is 5.51. The van der Waals surface area contributed by atoms with E-state index in [1.165, 1.54) is 17.3 Å². The lowest BCUT2D eigenvalue weighted by atomic mass is 10.0. The minimum atomic E-state index is 0.103. The van der Waals surface area contributed by atoms with E-state index >= 15 is 0 Å². The standard InChI is InChI=1S/C22H18N2OS/c1-15-7-12-19-20(13-15)24-22(23-19)26-14-21(25)18-10-8-17(9-11-18)16-5-3-2-4-6-16/h2-13H,14H2,1H3,(H,23,24). The number of aryl methyl sites for hydroxylation is 1. The zero-order chi connectivity index (χ0) is 17.9. The van der Waals surface area contributed by atoms with Crippen LogP contribution in [0, 0.1) is 6.92 Å². The molecule has 0 fully saturated rings. The lowest BCUT2D eigenvalue weighted by molar-refractivity contribution is 0.102. The van der Waals surface area contributed by atoms with Crippen LogP contribution in [0.1, 0.15) is 15.9 Å². The lowest BCUT2D eigenvalue weighted by Crippen LogP contribution is -2.02. The van der Waals surface area contributed by atoms with Gasteiger partial charge in [-0.15, -0.1) is 0 Å². The van der Waals surface area contributed by atoms with E-state index in [4.69, 9.17) is 0 Å². The van der Waals surface area contributed by atoms with Crippen molar-refractivity contribution in [3.63, 3.8) is 0 Å². The number of Topliss-reactive ketones (excluding diaryl/α,β-unsaturated/α-hetero) is 1. The van der Waals surface area contributed by atoms with E-state index in [1.54, 1.807) is 0 Å². The summed E-state index contributed by atoms with van der Waals surface area (Å²) in [6.07, 6.45) is 0. The van der Waals surface area contributed by atoms with E-state index in [2.05, 4.69) is 35.1 Å². The van der Waals surface area contributed by atoms with E-state index in [-0.39, 0.29) is 5.78 Å². The van der Waals surface area contributed by atoms with Crippen molar-refractivity contribution in [3.05, 3.63) is 83.9 Å². The van der Waals surface area contributed by atoms with Crippen molar-refractivity contribution in [2.45, 2.75) is 12.1 Å². The van der Waals surface area contributed by atoms with Crippen molar-refractivity contribution in [3.8, 4) is 11.1 Å². The van der Waals surface area contributed by atoms with Crippen LogP contribution in [0.2, 0.25) is 0 Å². The molecule has 0 amide bonds. The number of aromatic nitrogens is 2. The van der Waals surface area contributed by atoms with E-state index < -0.39 is 0 Å². The summed E-state index contributed by atoms with van der Waals surface area (Å²) in [5.41, 5.74) is 6.11. The van der Waals surface area contributed by atoms with Gasteiger partial charge in [-0.1, -0.05) is 72.4 Å². The first-order valence-electron chi connectivity index (χ1n) is 8.47. The molecule has 0 saturated carbocycles. The number of hydrogen-bond acceptors (Lipinski definition) is 3. The van der Waals surface area contributed by atoms with E-state index in [1.807, 2.05) is 54.6 Å². The van der Waals surface area contributed by atoms with E-state index in [0.717, 1.165) is 32.9 Å². The monoisotopic (exact) mass is 358 g/mol. The van der Waals surface area contributed by atoms with Gasteiger partial charge in [-0.3, -0.25) is 4.79 Å². The van der Waals surface area contributed by atoms with Gasteiger partial charge in [0, 0.05) is 5.56 Å². The Bertz CT molecular complexity index is 1050. The summed E-state index contributed by atoms with van der Waals surface area (Å²) in [5.74, 6) is 0.468. The Morgan fingerprint density at radius 3 is 2.46 bits per heavy atom. The Balaban J connectivity index is 1.44. The summed E-state index contributed by atoms with van der Waals surface area (Å²) in [4.78, 5) is 20.3. The van der Waals surface area contributed by atoms with Gasteiger partial charge in [0.15, 0.2) is 10.9 Å². The second kappa shape index (κ2) is 7.18. The van der Waals surface area contributed by atoms with Gasteiger partial charge in [-0.25, -0.2) is 4.98 Å². The van der Waals surface area contributed by atoms with Gasteiger partial charge in [0.1, 0.15) is 0 Å². The number of ketones is 1. The average molecular weight is 358 g/mol. The highest BCUT2D eigenvalue weighted by Gasteiger charge is 2.10. The number of imidazole rings is 1. The largest absolute Gasteiger partial charge is 0.333 e. The molecule has 4 aromatic rings. The van der Waals surface area contributed by atoms with Crippen LogP contribution in [-0.2, 0) is 0 Å². The zero-order valence-corrected chi connectivity index (χ0v) is 15.2. The van der Waals surface area contributed by atoms with Crippen molar-refractivity contribution in [1.82, 2.24) is 9.97 Å². The van der Waals surface area contributed by atoms with Crippen LogP contribution in [0.4, 0.5) is 0 Å². The van der Waals surface area contributed by atoms with Crippen molar-refractivity contribution in [1.29, 1.82) is 0 Å². The topological polar surface area (TPSA) is 45.8 Å². The highest BCUT2D eigenvalue weighted by atomic mass is 32.2. The number of carbonyl (C=O) groups excluding carboxylic acids is 1. The average Bonchev–Trinajstić information content (AvgIpc) is 3.09. The smallest absolute Gasteiger partial charge is 0.173 e. The van der Waals surface area contributed by atoms with Gasteiger partial charge < -0.3 is 4.98 Å². The fourth-order valence-electron chi connectivity index (χ4n) is 2.86. The van der Waals surface area contributed by atoms with Crippen LogP contribution in [0.15, 0.2) is 78.0 Å². The van der Waals surface area contributed by atoms with Gasteiger partial charge in [-0.05, 0) is 35.7 Å². The molecule has 3 aromatic carbocycles. The first-order valence-corrected chi connectivity index (χ1v) is 9.45. The van der Waals surface area contributed by atoms with E-state index in [0.29, 0.717) is 5.75 Å². The molecule has 0 spiro atoms. The summed E-state index contributed by atoms with van der Waals surface area (Å²) in [6, 6.07) is 24.0. The molecule has 0 atom stereocenters. The number of rotatable bonds is 5. The summed E-state index contributed by atoms with van der Waals surface area (Å²) in [6.45, 7) is 2.05. The second-order valence-corrected chi connectivity index (χ2v) is 7.18. The third-order valence-corrected chi connectivity index (χ3v) is 5.14. The molecule has 1 aromatic heterocycles. The highest BCUT2D eigenvalue weighted by Crippen LogP contribution is 2.23. The number of carbonyl (C=O) groups is 1. The number of nitrogens with zero attached hydrogens (tertiary/aromatic N) is 1. The van der Waals surface area contributed by atoms with Crippen molar-refractivity contribution in [2.24, 2.45) is 0 Å². The molecule has 0 aliphatic carbocycles. The number of hydrogen-bond donors (Lipinski definition) is 1. The molecular weight excluding hydrogens is 340 g/mol. The minimum Gasteiger partial charge on any atom is -0.333 e. The quantitative estimate of drug-likeness (QED) is 0.378. The predicted molar refractivity (Wildman–Crippen MR) is 108 cm³/mol. The van der Waals surface area contributed by atoms with Crippen LogP contribution < -0.4 is 0 Å². The molecule has 0 radical (unpaired) electrons. The van der Waals surface area contributed by atoms with Crippen LogP contribution in [-0.4, -0.2) is 21.5 Å². The Hall–Kier alpha value is -2.85. The number of nitrogens with one attached hydrogen (secondary N) is 1. The Labute approximate surface area is 156 Å². The maximum Gasteiger partial charge on any atom is 0.173 e. The van der Waals surface area contributed by atoms with Crippen LogP contribution in [0.3, 0.4) is 0 Å². The minimum absolute atomic E-state index is 0.103. The number of thioether (sulfide) groups is 1. The number of benzene rings is 3. The number of H-pyrrole nitrogens is 1. The van der Waals surface area contributed by atoms with E-state index in [9.17, 15) is 4.79 Å². The van der Waals surface area contributed by atoms with Crippen molar-refractivity contribution < 1.29 is 4.79 Å². The normalized spacial score (nSPS) is 11.0. The molecule has 4 heteroatoms. The molecule has 0 bridgehead atoms. The van der Waals surface area contributed by atoms with Crippen LogP contribution >= 0.6 is 11.8 Å². The fourth-order valence-corrected chi connectivity index (χ4v) is 3.64. The number of aromatic amines is 1. The Morgan fingerprint density at radius 2 is 1.69 bits per heavy atom. The van der Waals surface area contributed by atoms with Gasteiger partial charge in [0.05, 0.1) is 16.8 Å². The van der Waals surface area contributed by atoms with Crippen LogP contribution in [0.25, 0.3) is 22.2 Å². The molecule has 26 heavy (non-hydrogen) atoms. The fraction of sp³-hybridized carbons (Fsp3) is 0.0909. The second-order valence-electron chi connectivity index (χ2n) is 6.22. The first-order chi connectivity index (χ1) is 12.7. The van der Waals surface area contributed by atoms with Crippen molar-refractivity contribution in [2.75, 3.05) is 5.75 Å². The zero-order valence-electron chi connectivity index (χ0n) is 14.4. The van der Waals surface area contributed by atoms with Crippen LogP contribution in [0.5, 0.6) is 0 Å². The molecule has 0 saturated heterocycles. The van der Waals surface area contributed by atoms with Gasteiger partial charge in [-0.2, -0.15) is 0 Å². The Kier molecular flexibility index (Phi) is 4.59. The van der Waals surface area contributed by atoms with Gasteiger partial charge >= 0.3 is 0 Å². The van der Waals surface area contributed by atoms with Gasteiger partial charge in [0.25, 0.3) is 0 Å². The molecule has 4 rings (SSSR count). The molecular formula is C22H18N2OS. The third kappa shape index (κ3) is 3.55. The van der Waals surface area contributed by atoms with Crippen molar-refractivity contribution >= 4 is 28.6 Å². The molecule has 0 aliphatic heterocycles. The molecule has 1 heterocycles. The van der Waals surface area contributed by atoms with Gasteiger partial charge in [0.2, 0.25) is 0 Å². The molecule has 0 unspecified atom stereocenters. The Morgan fingerprint density at radius 1 is 0.962 bits per heavy atom. The summed E-state index contributed by atoms with van der Waals surface area (Å²) >= 11 is 1.44. The summed E-state index contributed by atoms with van der Waals surface area (Å²) in [5, 5.41) is 0.778. The maximum absolute atomic E-state index is 12.5. The highest BCUT2D eigenvalue weighted by molar-refractivity contribution is 7.99. The molecule has 3 nitrogen and oxygen atoms in total. The summed E-state index contributed by atoms with van der Waals surface area (Å²) in [7, 11) is 0. The number of fused-ring (bicyclic) bond motifs is 1. The first kappa shape index (κ1) is 16.6. The molecule has 0 aliphatic rings. The molecule has 1 N–H and O–H groups in total. The third-order valence-electron chi connectivity index (χ3n) is 4.27. The summed E-state index contributed by atoms with van der Waals surface area (Å²) < 4.78 is 0. The maximum atomic E-state index is 12.5. The SMILES string of the molecule is Cc1ccc2nc(SCC(=O)c3ccc(-c4ccccc4)cc3)[nH]c2c1. The molecule has 128 valence electrons. The lowest BCUT2D eigenvalue weighted by Gasteiger charge is -2.03.